The zero-order valence-corrected chi connectivity index (χ0v) is 18.8. The normalized spacial score (nSPS) is 20.0. The van der Waals surface area contributed by atoms with Gasteiger partial charge in [-0.15, -0.1) is 0 Å². The summed E-state index contributed by atoms with van der Waals surface area (Å²) in [7, 11) is -3.70. The Balaban J connectivity index is 1.72. The average Bonchev–Trinajstić information content (AvgIpc) is 3.06. The van der Waals surface area contributed by atoms with Crippen molar-refractivity contribution in [2.24, 2.45) is 0 Å². The number of hydrogen-bond donors (Lipinski definition) is 1. The number of carbonyl (C=O) groups excluding carboxylic acids is 1. The van der Waals surface area contributed by atoms with Crippen LogP contribution in [-0.2, 0) is 30.8 Å². The van der Waals surface area contributed by atoms with Crippen molar-refractivity contribution in [2.75, 3.05) is 12.9 Å². The molecule has 2 atom stereocenters. The Hall–Kier alpha value is -1.24. The molecule has 1 N–H and O–H groups in total. The fourth-order valence-electron chi connectivity index (χ4n) is 3.05. The van der Waals surface area contributed by atoms with Crippen LogP contribution in [0.1, 0.15) is 32.6 Å². The molecule has 10 heteroatoms. The van der Waals surface area contributed by atoms with Gasteiger partial charge in [0.25, 0.3) is 5.91 Å². The molecule has 154 valence electrons. The van der Waals surface area contributed by atoms with Crippen molar-refractivity contribution in [1.82, 2.24) is 15.3 Å². The smallest absolute Gasteiger partial charge is 0.264 e. The molecule has 1 amide bonds. The molecule has 1 aromatic carbocycles. The predicted molar refractivity (Wildman–Crippen MR) is 113 cm³/mol. The van der Waals surface area contributed by atoms with Gasteiger partial charge in [0.15, 0.2) is 20.9 Å². The Morgan fingerprint density at radius 1 is 1.46 bits per heavy atom. The topological polar surface area (TPSA) is 99.5 Å². The van der Waals surface area contributed by atoms with Crippen molar-refractivity contribution in [3.05, 3.63) is 28.0 Å². The first-order chi connectivity index (χ1) is 13.2. The van der Waals surface area contributed by atoms with Crippen LogP contribution in [-0.4, -0.2) is 48.0 Å². The average molecular weight is 521 g/mol. The van der Waals surface area contributed by atoms with Crippen molar-refractivity contribution in [3.8, 4) is 0 Å². The quantitative estimate of drug-likeness (QED) is 0.444. The first-order valence-electron chi connectivity index (χ1n) is 9.09. The summed E-state index contributed by atoms with van der Waals surface area (Å²) in [6.07, 6.45) is 4.87. The molecule has 1 aromatic heterocycles. The first kappa shape index (κ1) is 21.5. The van der Waals surface area contributed by atoms with E-state index in [1.165, 1.54) is 6.92 Å². The van der Waals surface area contributed by atoms with Crippen LogP contribution in [0, 0.1) is 3.57 Å². The number of hydrogen-bond acceptors (Lipinski definition) is 6. The Morgan fingerprint density at radius 2 is 2.25 bits per heavy atom. The van der Waals surface area contributed by atoms with Gasteiger partial charge in [-0.3, -0.25) is 9.48 Å². The summed E-state index contributed by atoms with van der Waals surface area (Å²) in [6.45, 7) is 2.26. The highest BCUT2D eigenvalue weighted by Gasteiger charge is 2.44. The summed E-state index contributed by atoms with van der Waals surface area (Å²) in [4.78, 5) is 18.0. The highest BCUT2D eigenvalue weighted by molar-refractivity contribution is 14.1. The number of benzene rings is 1. The second-order valence-corrected chi connectivity index (χ2v) is 10.9. The predicted octanol–water partition coefficient (Wildman–Crippen LogP) is 2.41. The van der Waals surface area contributed by atoms with Gasteiger partial charge in [-0.1, -0.05) is 0 Å². The van der Waals surface area contributed by atoms with Crippen LogP contribution >= 0.6 is 22.6 Å². The molecule has 1 unspecified atom stereocenters. The number of aryl methyl sites for hydroxylation is 1. The summed E-state index contributed by atoms with van der Waals surface area (Å²) in [5.41, 5.74) is 3.19. The zero-order valence-electron chi connectivity index (χ0n) is 15.9. The van der Waals surface area contributed by atoms with Gasteiger partial charge in [0.05, 0.1) is 11.7 Å². The maximum absolute atomic E-state index is 12.7. The van der Waals surface area contributed by atoms with Crippen LogP contribution in [0.15, 0.2) is 24.4 Å². The second kappa shape index (κ2) is 8.64. The minimum absolute atomic E-state index is 0.0648. The minimum atomic E-state index is -3.70. The summed E-state index contributed by atoms with van der Waals surface area (Å²) in [5, 5.41) is 5.30. The molecule has 0 aliphatic carbocycles. The molecule has 1 fully saturated rings. The molecule has 1 aliphatic heterocycles. The van der Waals surface area contributed by atoms with Crippen molar-refractivity contribution < 1.29 is 22.8 Å². The lowest BCUT2D eigenvalue weighted by Gasteiger charge is -2.28. The van der Waals surface area contributed by atoms with Crippen LogP contribution in [0.4, 0.5) is 0 Å². The molecule has 1 saturated heterocycles. The van der Waals surface area contributed by atoms with Crippen LogP contribution in [0.25, 0.3) is 10.9 Å². The number of ether oxygens (including phenoxy) is 1. The number of hydroxylamine groups is 1. The van der Waals surface area contributed by atoms with E-state index in [4.69, 9.17) is 9.57 Å². The van der Waals surface area contributed by atoms with Crippen LogP contribution < -0.4 is 5.48 Å². The molecule has 2 aromatic rings. The Morgan fingerprint density at radius 3 is 2.93 bits per heavy atom. The van der Waals surface area contributed by atoms with E-state index < -0.39 is 26.8 Å². The van der Waals surface area contributed by atoms with Gasteiger partial charge in [-0.2, -0.15) is 5.10 Å². The van der Waals surface area contributed by atoms with E-state index in [0.29, 0.717) is 13.0 Å². The lowest BCUT2D eigenvalue weighted by Crippen LogP contribution is -2.51. The molecule has 0 radical (unpaired) electrons. The van der Waals surface area contributed by atoms with Gasteiger partial charge in [0.1, 0.15) is 0 Å². The molecule has 28 heavy (non-hydrogen) atoms. The Bertz CT molecular complexity index is 955. The van der Waals surface area contributed by atoms with Crippen molar-refractivity contribution in [3.63, 3.8) is 0 Å². The number of sulfone groups is 1. The number of aromatic nitrogens is 2. The standard InChI is InChI=1S/C18H24IN3O5S/c1-18(28(2,24)25,17(23)21-27-16-5-3-4-10-26-16)8-9-22-15-7-6-14(19)11-13(15)12-20-22/h6-7,11-12,16H,3-5,8-10H2,1-2H3,(H,21,23)/t16?,18-/m1/s1. The molecule has 8 nitrogen and oxygen atoms in total. The van der Waals surface area contributed by atoms with E-state index in [0.717, 1.165) is 33.6 Å². The summed E-state index contributed by atoms with van der Waals surface area (Å²) in [5.74, 6) is -0.699. The van der Waals surface area contributed by atoms with Gasteiger partial charge in [0, 0.05) is 34.8 Å². The van der Waals surface area contributed by atoms with Crippen LogP contribution in [0.5, 0.6) is 0 Å². The number of nitrogens with one attached hydrogen (secondary N) is 1. The molecule has 1 aliphatic rings. The first-order valence-corrected chi connectivity index (χ1v) is 12.1. The molecule has 2 heterocycles. The highest BCUT2D eigenvalue weighted by atomic mass is 127. The fraction of sp³-hybridized carbons (Fsp3) is 0.556. The number of carbonyl (C=O) groups is 1. The summed E-state index contributed by atoms with van der Waals surface area (Å²) < 4.78 is 31.4. The van der Waals surface area contributed by atoms with E-state index in [1.807, 2.05) is 18.2 Å². The Kier molecular flexibility index (Phi) is 6.62. The SMILES string of the molecule is C[C@@](CCn1ncc2cc(I)ccc21)(C(=O)NOC1CCCCO1)S(C)(=O)=O. The number of rotatable bonds is 7. The van der Waals surface area contributed by atoms with E-state index in [1.54, 1.807) is 10.9 Å². The lowest BCUT2D eigenvalue weighted by atomic mass is 10.1. The number of halogens is 1. The molecule has 0 saturated carbocycles. The van der Waals surface area contributed by atoms with Gasteiger partial charge < -0.3 is 4.74 Å². The molecular weight excluding hydrogens is 497 g/mol. The van der Waals surface area contributed by atoms with Gasteiger partial charge in [-0.05, 0) is 67.0 Å². The van der Waals surface area contributed by atoms with Gasteiger partial charge >= 0.3 is 0 Å². The van der Waals surface area contributed by atoms with E-state index in [-0.39, 0.29) is 13.0 Å². The molecule has 0 bridgehead atoms. The number of nitrogens with zero attached hydrogens (tertiary/aromatic N) is 2. The van der Waals surface area contributed by atoms with Crippen LogP contribution in [0.2, 0.25) is 0 Å². The van der Waals surface area contributed by atoms with Crippen LogP contribution in [0.3, 0.4) is 0 Å². The summed E-state index contributed by atoms with van der Waals surface area (Å²) in [6, 6.07) is 5.90. The van der Waals surface area contributed by atoms with Crippen molar-refractivity contribution >= 4 is 49.2 Å². The Labute approximate surface area is 178 Å². The van der Waals surface area contributed by atoms with E-state index in [2.05, 4.69) is 33.2 Å². The second-order valence-electron chi connectivity index (χ2n) is 7.17. The highest BCUT2D eigenvalue weighted by Crippen LogP contribution is 2.25. The molecule has 0 spiro atoms. The fourth-order valence-corrected chi connectivity index (χ4v) is 4.41. The largest absolute Gasteiger partial charge is 0.350 e. The third-order valence-electron chi connectivity index (χ3n) is 5.12. The third-order valence-corrected chi connectivity index (χ3v) is 7.82. The lowest BCUT2D eigenvalue weighted by molar-refractivity contribution is -0.201. The van der Waals surface area contributed by atoms with Gasteiger partial charge in [-0.25, -0.2) is 18.7 Å². The molecule has 3 rings (SSSR count). The zero-order chi connectivity index (χ0) is 20.4. The van der Waals surface area contributed by atoms with E-state index >= 15 is 0 Å². The van der Waals surface area contributed by atoms with Gasteiger partial charge in [0.2, 0.25) is 0 Å². The third kappa shape index (κ3) is 4.66. The van der Waals surface area contributed by atoms with Crippen molar-refractivity contribution in [2.45, 2.75) is 50.2 Å². The maximum atomic E-state index is 12.7. The minimum Gasteiger partial charge on any atom is -0.350 e. The van der Waals surface area contributed by atoms with E-state index in [9.17, 15) is 13.2 Å². The summed E-state index contributed by atoms with van der Waals surface area (Å²) >= 11 is 2.22. The molecular formula is C18H24IN3O5S. The monoisotopic (exact) mass is 521 g/mol. The van der Waals surface area contributed by atoms with Crippen molar-refractivity contribution in [1.29, 1.82) is 0 Å². The number of amides is 1. The maximum Gasteiger partial charge on any atom is 0.264 e. The number of fused-ring (bicyclic) bond motifs is 1.